The zero-order valence-electron chi connectivity index (χ0n) is 10.7. The van der Waals surface area contributed by atoms with E-state index in [9.17, 15) is 0 Å². The first-order valence-electron chi connectivity index (χ1n) is 5.78. The zero-order valence-corrected chi connectivity index (χ0v) is 12.2. The van der Waals surface area contributed by atoms with Crippen molar-refractivity contribution in [3.63, 3.8) is 0 Å². The Labute approximate surface area is 121 Å². The van der Waals surface area contributed by atoms with Crippen LogP contribution in [0.2, 0.25) is 5.15 Å². The van der Waals surface area contributed by atoms with Gasteiger partial charge in [-0.05, 0) is 12.1 Å². The molecule has 0 amide bonds. The molecular weight excluding hydrogens is 280 g/mol. The minimum Gasteiger partial charge on any atom is -0.359 e. The van der Waals surface area contributed by atoms with Crippen LogP contribution in [0.4, 0.5) is 5.82 Å². The summed E-state index contributed by atoms with van der Waals surface area (Å²) in [6.45, 7) is 2.89. The second-order valence-electron chi connectivity index (χ2n) is 4.30. The first-order chi connectivity index (χ1) is 9.10. The molecule has 1 atom stereocenters. The van der Waals surface area contributed by atoms with Gasteiger partial charge in [-0.1, -0.05) is 18.5 Å². The summed E-state index contributed by atoms with van der Waals surface area (Å²) < 4.78 is 0. The standard InChI is InChI=1S/C13H13ClN4S/c1-9(13-16-3-4-19-13)8-18(2)12-6-10(7-15)5-11(14)17-12/h3-6,9H,8H2,1-2H3. The molecule has 0 radical (unpaired) electrons. The lowest BCUT2D eigenvalue weighted by Gasteiger charge is -2.21. The third-order valence-electron chi connectivity index (χ3n) is 2.72. The topological polar surface area (TPSA) is 52.8 Å². The number of nitriles is 1. The third-order valence-corrected chi connectivity index (χ3v) is 3.92. The molecule has 0 spiro atoms. The van der Waals surface area contributed by atoms with Gasteiger partial charge in [-0.2, -0.15) is 5.26 Å². The largest absolute Gasteiger partial charge is 0.359 e. The molecule has 0 aliphatic heterocycles. The maximum absolute atomic E-state index is 8.94. The van der Waals surface area contributed by atoms with Gasteiger partial charge in [0, 0.05) is 31.1 Å². The van der Waals surface area contributed by atoms with E-state index < -0.39 is 0 Å². The predicted molar refractivity (Wildman–Crippen MR) is 77.8 cm³/mol. The fourth-order valence-electron chi connectivity index (χ4n) is 1.80. The van der Waals surface area contributed by atoms with Crippen molar-refractivity contribution in [2.75, 3.05) is 18.5 Å². The highest BCUT2D eigenvalue weighted by Gasteiger charge is 2.13. The van der Waals surface area contributed by atoms with E-state index in [2.05, 4.69) is 23.0 Å². The Morgan fingerprint density at radius 3 is 2.95 bits per heavy atom. The Balaban J connectivity index is 2.14. The lowest BCUT2D eigenvalue weighted by molar-refractivity contribution is 0.722. The number of aromatic nitrogens is 2. The van der Waals surface area contributed by atoms with Gasteiger partial charge in [-0.3, -0.25) is 0 Å². The molecule has 0 bridgehead atoms. The highest BCUT2D eigenvalue weighted by Crippen LogP contribution is 2.22. The summed E-state index contributed by atoms with van der Waals surface area (Å²) in [5, 5.41) is 12.3. The van der Waals surface area contributed by atoms with Crippen molar-refractivity contribution in [2.45, 2.75) is 12.8 Å². The van der Waals surface area contributed by atoms with Gasteiger partial charge < -0.3 is 4.90 Å². The van der Waals surface area contributed by atoms with Crippen molar-refractivity contribution in [1.29, 1.82) is 5.26 Å². The first kappa shape index (κ1) is 13.8. The number of thiazole rings is 1. The van der Waals surface area contributed by atoms with Crippen LogP contribution in [0.25, 0.3) is 0 Å². The smallest absolute Gasteiger partial charge is 0.132 e. The van der Waals surface area contributed by atoms with Crippen molar-refractivity contribution in [3.05, 3.63) is 39.4 Å². The summed E-state index contributed by atoms with van der Waals surface area (Å²) in [6.07, 6.45) is 1.81. The summed E-state index contributed by atoms with van der Waals surface area (Å²) in [4.78, 5) is 10.5. The molecule has 0 saturated heterocycles. The number of rotatable bonds is 4. The molecule has 0 saturated carbocycles. The summed E-state index contributed by atoms with van der Waals surface area (Å²) in [6, 6.07) is 5.38. The average Bonchev–Trinajstić information content (AvgIpc) is 2.91. The van der Waals surface area contributed by atoms with Crippen molar-refractivity contribution in [2.24, 2.45) is 0 Å². The molecule has 0 aromatic carbocycles. The lowest BCUT2D eigenvalue weighted by atomic mass is 10.2. The molecule has 1 unspecified atom stereocenters. The number of pyridine rings is 1. The third kappa shape index (κ3) is 3.43. The van der Waals surface area contributed by atoms with Crippen LogP contribution < -0.4 is 4.90 Å². The van der Waals surface area contributed by atoms with E-state index in [-0.39, 0.29) is 0 Å². The quantitative estimate of drug-likeness (QED) is 0.811. The molecule has 2 aromatic heterocycles. The van der Waals surface area contributed by atoms with Crippen LogP contribution in [0, 0.1) is 11.3 Å². The molecule has 0 N–H and O–H groups in total. The molecule has 0 aliphatic rings. The highest BCUT2D eigenvalue weighted by atomic mass is 35.5. The molecular formula is C13H13ClN4S. The van der Waals surface area contributed by atoms with Crippen molar-refractivity contribution in [3.8, 4) is 6.07 Å². The molecule has 0 fully saturated rings. The van der Waals surface area contributed by atoms with E-state index >= 15 is 0 Å². The van der Waals surface area contributed by atoms with Crippen molar-refractivity contribution < 1.29 is 0 Å². The molecule has 4 nitrogen and oxygen atoms in total. The highest BCUT2D eigenvalue weighted by molar-refractivity contribution is 7.09. The fourth-order valence-corrected chi connectivity index (χ4v) is 2.70. The van der Waals surface area contributed by atoms with E-state index in [1.807, 2.05) is 23.5 Å². The Morgan fingerprint density at radius 1 is 1.53 bits per heavy atom. The average molecular weight is 293 g/mol. The SMILES string of the molecule is CC(CN(C)c1cc(C#N)cc(Cl)n1)c1nccs1. The predicted octanol–water partition coefficient (Wildman–Crippen LogP) is 3.30. The zero-order chi connectivity index (χ0) is 13.8. The van der Waals surface area contributed by atoms with Gasteiger partial charge in [0.1, 0.15) is 11.0 Å². The van der Waals surface area contributed by atoms with Gasteiger partial charge in [-0.25, -0.2) is 9.97 Å². The monoisotopic (exact) mass is 292 g/mol. The van der Waals surface area contributed by atoms with Gasteiger partial charge in [0.05, 0.1) is 16.6 Å². The number of hydrogen-bond donors (Lipinski definition) is 0. The molecule has 2 rings (SSSR count). The Kier molecular flexibility index (Phi) is 4.35. The van der Waals surface area contributed by atoms with Crippen LogP contribution in [0.1, 0.15) is 23.4 Å². The van der Waals surface area contributed by atoms with Gasteiger partial charge in [0.25, 0.3) is 0 Å². The Bertz CT molecular complexity index is 591. The van der Waals surface area contributed by atoms with Gasteiger partial charge in [0.15, 0.2) is 0 Å². The van der Waals surface area contributed by atoms with E-state index in [0.29, 0.717) is 22.5 Å². The summed E-state index contributed by atoms with van der Waals surface area (Å²) in [5.41, 5.74) is 0.517. The first-order valence-corrected chi connectivity index (χ1v) is 7.04. The van der Waals surface area contributed by atoms with Crippen LogP contribution in [-0.2, 0) is 0 Å². The van der Waals surface area contributed by atoms with E-state index in [4.69, 9.17) is 16.9 Å². The molecule has 0 aliphatic carbocycles. The Morgan fingerprint density at radius 2 is 2.32 bits per heavy atom. The maximum atomic E-state index is 8.94. The number of anilines is 1. The van der Waals surface area contributed by atoms with Crippen LogP contribution in [0.5, 0.6) is 0 Å². The molecule has 2 aromatic rings. The summed E-state index contributed by atoms with van der Waals surface area (Å²) in [5.74, 6) is 1.00. The van der Waals surface area contributed by atoms with E-state index in [1.54, 1.807) is 23.5 Å². The van der Waals surface area contributed by atoms with E-state index in [0.717, 1.165) is 11.6 Å². The summed E-state index contributed by atoms with van der Waals surface area (Å²) >= 11 is 7.55. The van der Waals surface area contributed by atoms with Gasteiger partial charge in [0.2, 0.25) is 0 Å². The number of hydrogen-bond acceptors (Lipinski definition) is 5. The minimum atomic E-state index is 0.302. The van der Waals surface area contributed by atoms with Gasteiger partial charge in [-0.15, -0.1) is 11.3 Å². The molecule has 6 heteroatoms. The van der Waals surface area contributed by atoms with Crippen LogP contribution in [0.3, 0.4) is 0 Å². The molecule has 19 heavy (non-hydrogen) atoms. The number of likely N-dealkylation sites (N-methyl/N-ethyl adjacent to an activating group) is 1. The summed E-state index contributed by atoms with van der Waals surface area (Å²) in [7, 11) is 1.93. The van der Waals surface area contributed by atoms with Crippen LogP contribution in [0.15, 0.2) is 23.7 Å². The molecule has 98 valence electrons. The lowest BCUT2D eigenvalue weighted by Crippen LogP contribution is -2.24. The van der Waals surface area contributed by atoms with E-state index in [1.165, 1.54) is 0 Å². The second-order valence-corrected chi connectivity index (χ2v) is 5.61. The number of nitrogens with zero attached hydrogens (tertiary/aromatic N) is 4. The maximum Gasteiger partial charge on any atom is 0.132 e. The number of halogens is 1. The van der Waals surface area contributed by atoms with Crippen LogP contribution in [-0.4, -0.2) is 23.6 Å². The minimum absolute atomic E-state index is 0.302. The second kappa shape index (κ2) is 6.00. The normalized spacial score (nSPS) is 11.9. The van der Waals surface area contributed by atoms with Crippen molar-refractivity contribution in [1.82, 2.24) is 9.97 Å². The Hall–Kier alpha value is -1.64. The van der Waals surface area contributed by atoms with Gasteiger partial charge >= 0.3 is 0 Å². The van der Waals surface area contributed by atoms with Crippen molar-refractivity contribution >= 4 is 28.8 Å². The fraction of sp³-hybridized carbons (Fsp3) is 0.308. The molecule has 2 heterocycles. The van der Waals surface area contributed by atoms with Crippen LogP contribution >= 0.6 is 22.9 Å².